The summed E-state index contributed by atoms with van der Waals surface area (Å²) in [6, 6.07) is 13.6. The van der Waals surface area contributed by atoms with Gasteiger partial charge in [0.1, 0.15) is 4.60 Å². The third kappa shape index (κ3) is 2.66. The molecule has 1 saturated heterocycles. The van der Waals surface area contributed by atoms with Crippen LogP contribution in [-0.2, 0) is 13.0 Å². The number of piperazine rings is 1. The SMILES string of the molecule is Brc1nccc2c1CCC1CN(Cc3ccccc3)CCN21. The lowest BCUT2D eigenvalue weighted by Crippen LogP contribution is -2.54. The Hall–Kier alpha value is -1.39. The molecule has 0 aliphatic carbocycles. The Morgan fingerprint density at radius 3 is 2.86 bits per heavy atom. The number of halogens is 1. The largest absolute Gasteiger partial charge is 0.366 e. The lowest BCUT2D eigenvalue weighted by molar-refractivity contribution is 0.206. The maximum absolute atomic E-state index is 4.38. The second-order valence-corrected chi connectivity index (χ2v) is 6.96. The predicted molar refractivity (Wildman–Crippen MR) is 93.1 cm³/mol. The number of hydrogen-bond donors (Lipinski definition) is 0. The summed E-state index contributed by atoms with van der Waals surface area (Å²) in [4.78, 5) is 9.57. The zero-order chi connectivity index (χ0) is 14.9. The van der Waals surface area contributed by atoms with E-state index in [1.165, 1.54) is 23.2 Å². The van der Waals surface area contributed by atoms with Gasteiger partial charge in [-0.1, -0.05) is 30.3 Å². The Balaban J connectivity index is 1.50. The molecule has 1 aromatic carbocycles. The van der Waals surface area contributed by atoms with Crippen molar-refractivity contribution in [1.29, 1.82) is 0 Å². The smallest absolute Gasteiger partial charge is 0.111 e. The van der Waals surface area contributed by atoms with Crippen molar-refractivity contribution in [3.05, 3.63) is 58.3 Å². The van der Waals surface area contributed by atoms with Crippen molar-refractivity contribution in [1.82, 2.24) is 9.88 Å². The van der Waals surface area contributed by atoms with Gasteiger partial charge in [0.2, 0.25) is 0 Å². The first-order chi connectivity index (χ1) is 10.8. The molecule has 1 fully saturated rings. The number of hydrogen-bond acceptors (Lipinski definition) is 3. The molecule has 1 atom stereocenters. The van der Waals surface area contributed by atoms with E-state index in [2.05, 4.69) is 67.1 Å². The first-order valence-electron chi connectivity index (χ1n) is 7.97. The van der Waals surface area contributed by atoms with E-state index in [0.29, 0.717) is 6.04 Å². The maximum atomic E-state index is 4.38. The summed E-state index contributed by atoms with van der Waals surface area (Å²) in [5.74, 6) is 0. The van der Waals surface area contributed by atoms with E-state index >= 15 is 0 Å². The van der Waals surface area contributed by atoms with Crippen LogP contribution >= 0.6 is 15.9 Å². The van der Waals surface area contributed by atoms with Gasteiger partial charge in [-0.25, -0.2) is 4.98 Å². The molecule has 22 heavy (non-hydrogen) atoms. The molecule has 3 nitrogen and oxygen atoms in total. The molecule has 114 valence electrons. The van der Waals surface area contributed by atoms with E-state index < -0.39 is 0 Å². The summed E-state index contributed by atoms with van der Waals surface area (Å²) in [7, 11) is 0. The van der Waals surface area contributed by atoms with Crippen LogP contribution < -0.4 is 4.90 Å². The molecular formula is C18H20BrN3. The molecule has 2 aromatic rings. The highest BCUT2D eigenvalue weighted by atomic mass is 79.9. The van der Waals surface area contributed by atoms with E-state index in [1.807, 2.05) is 6.20 Å². The minimum absolute atomic E-state index is 0.638. The maximum Gasteiger partial charge on any atom is 0.111 e. The summed E-state index contributed by atoms with van der Waals surface area (Å²) in [5.41, 5.74) is 4.19. The highest BCUT2D eigenvalue weighted by Gasteiger charge is 2.32. The second kappa shape index (κ2) is 6.01. The molecule has 0 spiro atoms. The minimum Gasteiger partial charge on any atom is -0.366 e. The van der Waals surface area contributed by atoms with Crippen LogP contribution in [-0.4, -0.2) is 35.6 Å². The Morgan fingerprint density at radius 1 is 1.14 bits per heavy atom. The highest BCUT2D eigenvalue weighted by Crippen LogP contribution is 2.35. The molecule has 4 heteroatoms. The van der Waals surface area contributed by atoms with Gasteiger partial charge in [0.05, 0.1) is 0 Å². The first-order valence-corrected chi connectivity index (χ1v) is 8.77. The van der Waals surface area contributed by atoms with Gasteiger partial charge in [0.25, 0.3) is 0 Å². The minimum atomic E-state index is 0.638. The summed E-state index contributed by atoms with van der Waals surface area (Å²) in [5, 5.41) is 0. The van der Waals surface area contributed by atoms with Gasteiger partial charge < -0.3 is 4.90 Å². The van der Waals surface area contributed by atoms with Gasteiger partial charge in [0.15, 0.2) is 0 Å². The lowest BCUT2D eigenvalue weighted by atomic mass is 9.95. The van der Waals surface area contributed by atoms with E-state index in [9.17, 15) is 0 Å². The summed E-state index contributed by atoms with van der Waals surface area (Å²) < 4.78 is 1.02. The number of pyridine rings is 1. The molecule has 4 rings (SSSR count). The molecule has 0 N–H and O–H groups in total. The topological polar surface area (TPSA) is 19.4 Å². The third-order valence-corrected chi connectivity index (χ3v) is 5.51. The summed E-state index contributed by atoms with van der Waals surface area (Å²) in [6.45, 7) is 4.47. The number of anilines is 1. The average molecular weight is 358 g/mol. The van der Waals surface area contributed by atoms with E-state index in [1.54, 1.807) is 0 Å². The highest BCUT2D eigenvalue weighted by molar-refractivity contribution is 9.10. The molecule has 2 aliphatic heterocycles. The van der Waals surface area contributed by atoms with E-state index in [4.69, 9.17) is 0 Å². The molecule has 0 radical (unpaired) electrons. The van der Waals surface area contributed by atoms with Crippen LogP contribution in [0.15, 0.2) is 47.2 Å². The summed E-state index contributed by atoms with van der Waals surface area (Å²) in [6.07, 6.45) is 4.27. The van der Waals surface area contributed by atoms with Crippen LogP contribution in [0.3, 0.4) is 0 Å². The third-order valence-electron chi connectivity index (χ3n) is 4.83. The first kappa shape index (κ1) is 14.2. The van der Waals surface area contributed by atoms with Crippen LogP contribution in [0.5, 0.6) is 0 Å². The van der Waals surface area contributed by atoms with Gasteiger partial charge in [0, 0.05) is 49.7 Å². The number of fused-ring (bicyclic) bond motifs is 3. The molecule has 0 bridgehead atoms. The standard InChI is InChI=1S/C18H20BrN3/c19-18-16-7-6-15-13-21(12-14-4-2-1-3-5-14)10-11-22(15)17(16)8-9-20-18/h1-5,8-9,15H,6-7,10-13H2. The number of nitrogens with zero attached hydrogens (tertiary/aromatic N) is 3. The molecule has 0 saturated carbocycles. The van der Waals surface area contributed by atoms with Crippen molar-refractivity contribution in [2.24, 2.45) is 0 Å². The van der Waals surface area contributed by atoms with Crippen LogP contribution in [0.25, 0.3) is 0 Å². The van der Waals surface area contributed by atoms with Gasteiger partial charge >= 0.3 is 0 Å². The zero-order valence-corrected chi connectivity index (χ0v) is 14.2. The van der Waals surface area contributed by atoms with Crippen molar-refractivity contribution >= 4 is 21.6 Å². The van der Waals surface area contributed by atoms with Crippen molar-refractivity contribution in [3.8, 4) is 0 Å². The van der Waals surface area contributed by atoms with E-state index in [-0.39, 0.29) is 0 Å². The van der Waals surface area contributed by atoms with Gasteiger partial charge in [-0.2, -0.15) is 0 Å². The summed E-state index contributed by atoms with van der Waals surface area (Å²) >= 11 is 3.61. The van der Waals surface area contributed by atoms with Gasteiger partial charge in [-0.3, -0.25) is 4.90 Å². The Labute approximate surface area is 140 Å². The number of rotatable bonds is 2. The fourth-order valence-corrected chi connectivity index (χ4v) is 4.26. The Morgan fingerprint density at radius 2 is 2.00 bits per heavy atom. The van der Waals surface area contributed by atoms with Crippen LogP contribution in [0.1, 0.15) is 17.5 Å². The zero-order valence-electron chi connectivity index (χ0n) is 12.6. The Bertz CT molecular complexity index is 659. The molecule has 1 unspecified atom stereocenters. The second-order valence-electron chi connectivity index (χ2n) is 6.21. The van der Waals surface area contributed by atoms with Crippen molar-refractivity contribution in [3.63, 3.8) is 0 Å². The van der Waals surface area contributed by atoms with Crippen molar-refractivity contribution in [2.45, 2.75) is 25.4 Å². The Kier molecular flexibility index (Phi) is 3.89. The van der Waals surface area contributed by atoms with Crippen LogP contribution in [0.4, 0.5) is 5.69 Å². The molecule has 1 aromatic heterocycles. The average Bonchev–Trinajstić information content (AvgIpc) is 2.56. The number of aromatic nitrogens is 1. The van der Waals surface area contributed by atoms with Crippen molar-refractivity contribution < 1.29 is 0 Å². The molecule has 2 aliphatic rings. The lowest BCUT2D eigenvalue weighted by Gasteiger charge is -2.46. The van der Waals surface area contributed by atoms with Crippen molar-refractivity contribution in [2.75, 3.05) is 24.5 Å². The van der Waals surface area contributed by atoms with Gasteiger partial charge in [-0.15, -0.1) is 0 Å². The fraction of sp³-hybridized carbons (Fsp3) is 0.389. The van der Waals surface area contributed by atoms with Crippen LogP contribution in [0.2, 0.25) is 0 Å². The molecule has 3 heterocycles. The van der Waals surface area contributed by atoms with E-state index in [0.717, 1.165) is 37.2 Å². The normalized spacial score (nSPS) is 21.3. The molecular weight excluding hydrogens is 338 g/mol. The van der Waals surface area contributed by atoms with Gasteiger partial charge in [-0.05, 0) is 40.4 Å². The quantitative estimate of drug-likeness (QED) is 0.767. The molecule has 0 amide bonds. The monoisotopic (exact) mass is 357 g/mol. The fourth-order valence-electron chi connectivity index (χ4n) is 3.74. The van der Waals surface area contributed by atoms with Crippen LogP contribution in [0, 0.1) is 0 Å². The predicted octanol–water partition coefficient (Wildman–Crippen LogP) is 3.48. The number of benzene rings is 1.